The highest BCUT2D eigenvalue weighted by Crippen LogP contribution is 2.69. The fraction of sp³-hybridized carbons (Fsp3) is 0.733. The van der Waals surface area contributed by atoms with Crippen molar-refractivity contribution in [2.45, 2.75) is 37.0 Å². The molecule has 5 heterocycles. The van der Waals surface area contributed by atoms with Gasteiger partial charge in [0.1, 0.15) is 17.5 Å². The van der Waals surface area contributed by atoms with Crippen molar-refractivity contribution >= 4 is 12.4 Å². The third kappa shape index (κ3) is 0.978. The van der Waals surface area contributed by atoms with Gasteiger partial charge in [-0.2, -0.15) is 0 Å². The summed E-state index contributed by atoms with van der Waals surface area (Å²) in [4.78, 5) is 30.2. The summed E-state index contributed by atoms with van der Waals surface area (Å²) < 4.78 is 11.1. The quantitative estimate of drug-likeness (QED) is 0.434. The third-order valence-corrected chi connectivity index (χ3v) is 7.23. The molecule has 0 amide bonds. The van der Waals surface area contributed by atoms with Crippen LogP contribution in [0.4, 0.5) is 0 Å². The van der Waals surface area contributed by atoms with Crippen LogP contribution in [0.2, 0.25) is 0 Å². The summed E-state index contributed by atoms with van der Waals surface area (Å²) >= 11 is 0. The highest BCUT2D eigenvalue weighted by atomic mass is 16.5. The minimum atomic E-state index is -0.490. The summed E-state index contributed by atoms with van der Waals surface area (Å²) in [6.45, 7) is 0.913. The van der Waals surface area contributed by atoms with Crippen LogP contribution in [0.5, 0.6) is 0 Å². The summed E-state index contributed by atoms with van der Waals surface area (Å²) in [5.41, 5.74) is -1.64. The Morgan fingerprint density at radius 2 is 1.92 bits per heavy atom. The van der Waals surface area contributed by atoms with E-state index in [1.54, 1.807) is 6.21 Å². The van der Waals surface area contributed by atoms with E-state index in [0.29, 0.717) is 13.2 Å². The zero-order chi connectivity index (χ0) is 16.4. The molecule has 0 unspecified atom stereocenters. The molecule has 9 heteroatoms. The molecule has 1 aromatic heterocycles. The van der Waals surface area contributed by atoms with Crippen molar-refractivity contribution in [3.63, 3.8) is 0 Å². The maximum Gasteiger partial charge on any atom is 0.347 e. The van der Waals surface area contributed by atoms with Crippen LogP contribution < -0.4 is 11.4 Å². The number of hydrogen-bond donors (Lipinski definition) is 0. The van der Waals surface area contributed by atoms with Crippen molar-refractivity contribution in [2.75, 3.05) is 13.2 Å². The first-order chi connectivity index (χ1) is 11.5. The average molecular weight is 331 g/mol. The van der Waals surface area contributed by atoms with Gasteiger partial charge in [-0.15, -0.1) is 0 Å². The minimum Gasteiger partial charge on any atom is -0.624 e. The van der Waals surface area contributed by atoms with E-state index in [9.17, 15) is 14.8 Å². The van der Waals surface area contributed by atoms with E-state index in [4.69, 9.17) is 9.73 Å². The van der Waals surface area contributed by atoms with E-state index in [1.165, 1.54) is 16.4 Å². The van der Waals surface area contributed by atoms with Gasteiger partial charge in [-0.25, -0.2) is 28.3 Å². The minimum absolute atomic E-state index is 0.0413. The van der Waals surface area contributed by atoms with Gasteiger partial charge in [-0.1, -0.05) is 0 Å². The Bertz CT molecular complexity index is 969. The van der Waals surface area contributed by atoms with E-state index in [-0.39, 0.29) is 29.5 Å². The molecular weight excluding hydrogens is 314 g/mol. The summed E-state index contributed by atoms with van der Waals surface area (Å²) in [6.07, 6.45) is 4.94. The van der Waals surface area contributed by atoms with Gasteiger partial charge >= 0.3 is 11.4 Å². The van der Waals surface area contributed by atoms with Gasteiger partial charge in [0.25, 0.3) is 0 Å². The highest BCUT2D eigenvalue weighted by Gasteiger charge is 2.80. The topological polar surface area (TPSA) is 96.6 Å². The zero-order valence-electron chi connectivity index (χ0n) is 13.2. The number of nitrogens with zero attached hydrogens (tertiary/aromatic N) is 5. The fourth-order valence-electron chi connectivity index (χ4n) is 6.32. The molecule has 0 radical (unpaired) electrons. The Kier molecular flexibility index (Phi) is 1.97. The predicted octanol–water partition coefficient (Wildman–Crippen LogP) is -1.34. The Hall–Kier alpha value is -2.16. The number of hydroxylamine groups is 1. The van der Waals surface area contributed by atoms with Crippen molar-refractivity contribution in [3.05, 3.63) is 26.2 Å². The standard InChI is InChI=1S/C15H17N5O4/c1-17-12(21)19-10-4-16-8-2-3-9-15(7-24-6-14(8,10)15)11(5-18(9)23)20(19)13(17)22/h4-5,8-11H,2-3,6-7H2,1H3/t8-,9+,10-,11+,14+,15-/m0/s1. The monoisotopic (exact) mass is 331 g/mol. The van der Waals surface area contributed by atoms with Crippen LogP contribution in [0.15, 0.2) is 14.6 Å². The lowest BCUT2D eigenvalue weighted by Gasteiger charge is -2.54. The van der Waals surface area contributed by atoms with Gasteiger partial charge in [-0.3, -0.25) is 4.99 Å². The van der Waals surface area contributed by atoms with Crippen LogP contribution in [0.1, 0.15) is 24.9 Å². The van der Waals surface area contributed by atoms with Crippen LogP contribution in [0, 0.1) is 16.0 Å². The van der Waals surface area contributed by atoms with E-state index in [1.807, 2.05) is 6.21 Å². The van der Waals surface area contributed by atoms with Gasteiger partial charge in [-0.05, 0) is 6.42 Å². The predicted molar refractivity (Wildman–Crippen MR) is 82.7 cm³/mol. The number of aromatic nitrogens is 3. The Morgan fingerprint density at radius 3 is 2.71 bits per heavy atom. The Labute approximate surface area is 136 Å². The first-order valence-corrected chi connectivity index (χ1v) is 8.35. The Balaban J connectivity index is 1.80. The second-order valence-electron chi connectivity index (χ2n) is 7.69. The smallest absolute Gasteiger partial charge is 0.347 e. The fourth-order valence-corrected chi connectivity index (χ4v) is 6.32. The molecular formula is C15H17N5O4. The van der Waals surface area contributed by atoms with Crippen LogP contribution in [-0.2, 0) is 11.8 Å². The van der Waals surface area contributed by atoms with Crippen molar-refractivity contribution in [3.8, 4) is 0 Å². The number of hydrogen-bond acceptors (Lipinski definition) is 5. The lowest BCUT2D eigenvalue weighted by molar-refractivity contribution is -0.514. The lowest BCUT2D eigenvalue weighted by Crippen LogP contribution is -2.67. The number of aliphatic imine (C=N–C) groups is 1. The molecule has 2 fully saturated rings. The highest BCUT2D eigenvalue weighted by molar-refractivity contribution is 5.72. The molecule has 6 rings (SSSR count). The van der Waals surface area contributed by atoms with Crippen LogP contribution in [-0.4, -0.2) is 56.4 Å². The molecule has 1 aliphatic carbocycles. The van der Waals surface area contributed by atoms with Gasteiger partial charge in [0, 0.05) is 19.7 Å². The number of ether oxygens (including phenoxy) is 1. The molecule has 24 heavy (non-hydrogen) atoms. The van der Waals surface area contributed by atoms with E-state index < -0.39 is 16.9 Å². The van der Waals surface area contributed by atoms with Gasteiger partial charge in [0.05, 0.1) is 24.7 Å². The third-order valence-electron chi connectivity index (χ3n) is 7.23. The molecule has 6 atom stereocenters. The largest absolute Gasteiger partial charge is 0.624 e. The van der Waals surface area contributed by atoms with Crippen LogP contribution in [0.25, 0.3) is 0 Å². The normalized spacial score (nSPS) is 46.6. The average Bonchev–Trinajstić information content (AvgIpc) is 3.26. The van der Waals surface area contributed by atoms with Gasteiger partial charge in [0.15, 0.2) is 12.3 Å². The maximum atomic E-state index is 12.7. The second kappa shape index (κ2) is 3.58. The molecule has 0 N–H and O–H groups in total. The number of fused-ring (bicyclic) bond motifs is 3. The van der Waals surface area contributed by atoms with E-state index in [0.717, 1.165) is 22.1 Å². The molecule has 126 valence electrons. The molecule has 0 aromatic carbocycles. The molecule has 1 saturated carbocycles. The maximum absolute atomic E-state index is 12.7. The van der Waals surface area contributed by atoms with Crippen molar-refractivity contribution in [1.82, 2.24) is 13.9 Å². The molecule has 2 spiro atoms. The summed E-state index contributed by atoms with van der Waals surface area (Å²) in [6, 6.07) is -0.962. The van der Waals surface area contributed by atoms with Gasteiger partial charge in [0.2, 0.25) is 0 Å². The van der Waals surface area contributed by atoms with Crippen LogP contribution >= 0.6 is 0 Å². The second-order valence-corrected chi connectivity index (χ2v) is 7.69. The lowest BCUT2D eigenvalue weighted by atomic mass is 9.49. The molecule has 4 aliphatic heterocycles. The molecule has 9 nitrogen and oxygen atoms in total. The summed E-state index contributed by atoms with van der Waals surface area (Å²) in [7, 11) is 1.49. The molecule has 5 aliphatic rings. The summed E-state index contributed by atoms with van der Waals surface area (Å²) in [5.74, 6) is 0. The van der Waals surface area contributed by atoms with Gasteiger partial charge < -0.3 is 9.94 Å². The first kappa shape index (κ1) is 13.2. The molecule has 0 bridgehead atoms. The molecule has 1 aromatic rings. The molecule has 1 saturated heterocycles. The van der Waals surface area contributed by atoms with E-state index >= 15 is 0 Å². The number of rotatable bonds is 0. The SMILES string of the molecule is Cn1c(=O)n2n(c1=O)[C@@H]1C=[N+]([O-])[C@@H]3CC[C@@H]4N=C[C@H]2[C@@]42COC[C@@]132. The van der Waals surface area contributed by atoms with Crippen LogP contribution in [0.3, 0.4) is 0 Å². The van der Waals surface area contributed by atoms with Crippen molar-refractivity contribution in [1.29, 1.82) is 0 Å². The summed E-state index contributed by atoms with van der Waals surface area (Å²) in [5, 5.41) is 12.7. The van der Waals surface area contributed by atoms with Crippen molar-refractivity contribution < 1.29 is 9.48 Å². The first-order valence-electron chi connectivity index (χ1n) is 8.35. The Morgan fingerprint density at radius 1 is 1.21 bits per heavy atom. The zero-order valence-corrected chi connectivity index (χ0v) is 13.2. The van der Waals surface area contributed by atoms with E-state index in [2.05, 4.69) is 0 Å². The van der Waals surface area contributed by atoms with Crippen molar-refractivity contribution in [2.24, 2.45) is 22.9 Å².